The van der Waals surface area contributed by atoms with E-state index in [2.05, 4.69) is 50.6 Å². The van der Waals surface area contributed by atoms with Crippen LogP contribution in [0.5, 0.6) is 0 Å². The van der Waals surface area contributed by atoms with Gasteiger partial charge in [0.25, 0.3) is 0 Å². The van der Waals surface area contributed by atoms with Gasteiger partial charge in [-0.2, -0.15) is 0 Å². The summed E-state index contributed by atoms with van der Waals surface area (Å²) in [4.78, 5) is 18.0. The van der Waals surface area contributed by atoms with E-state index in [1.807, 2.05) is 36.4 Å². The van der Waals surface area contributed by atoms with Gasteiger partial charge in [-0.15, -0.1) is 0 Å². The summed E-state index contributed by atoms with van der Waals surface area (Å²) in [6.45, 7) is 3.47. The molecule has 0 bridgehead atoms. The molecule has 0 saturated heterocycles. The molecule has 2 aromatic rings. The van der Waals surface area contributed by atoms with Crippen molar-refractivity contribution >= 4 is 27.8 Å². The first-order chi connectivity index (χ1) is 12.5. The summed E-state index contributed by atoms with van der Waals surface area (Å²) >= 11 is 3.43. The summed E-state index contributed by atoms with van der Waals surface area (Å²) in [5, 5.41) is 6.42. The molecule has 0 aliphatic carbocycles. The number of aliphatic imine (C=N–C) groups is 1. The highest BCUT2D eigenvalue weighted by Gasteiger charge is 2.06. The van der Waals surface area contributed by atoms with E-state index in [0.29, 0.717) is 19.0 Å². The van der Waals surface area contributed by atoms with Crippen LogP contribution in [0.15, 0.2) is 58.0 Å². The Labute approximate surface area is 163 Å². The Morgan fingerprint density at radius 2 is 1.77 bits per heavy atom. The van der Waals surface area contributed by atoms with Gasteiger partial charge in [0, 0.05) is 25.1 Å². The Morgan fingerprint density at radius 1 is 1.08 bits per heavy atom. The fraction of sp³-hybridized carbons (Fsp3) is 0.300. The quantitative estimate of drug-likeness (QED) is 0.561. The Kier molecular flexibility index (Phi) is 7.66. The van der Waals surface area contributed by atoms with Gasteiger partial charge in [0.15, 0.2) is 5.96 Å². The third-order valence-corrected chi connectivity index (χ3v) is 4.48. The molecule has 2 aromatic carbocycles. The Balaban J connectivity index is 2.04. The van der Waals surface area contributed by atoms with Gasteiger partial charge in [0.1, 0.15) is 0 Å². The minimum atomic E-state index is -0.000895. The number of hydrogen-bond donors (Lipinski definition) is 2. The van der Waals surface area contributed by atoms with E-state index in [0.717, 1.165) is 10.0 Å². The van der Waals surface area contributed by atoms with E-state index in [4.69, 9.17) is 0 Å². The molecule has 0 saturated carbocycles. The Bertz CT molecular complexity index is 757. The highest BCUT2D eigenvalue weighted by Crippen LogP contribution is 2.11. The number of amides is 1. The zero-order valence-electron chi connectivity index (χ0n) is 15.4. The van der Waals surface area contributed by atoms with Gasteiger partial charge < -0.3 is 15.5 Å². The van der Waals surface area contributed by atoms with Crippen molar-refractivity contribution in [3.05, 3.63) is 69.7 Å². The van der Waals surface area contributed by atoms with Gasteiger partial charge in [0.05, 0.1) is 13.1 Å². The van der Waals surface area contributed by atoms with E-state index in [1.165, 1.54) is 11.1 Å². The first-order valence-corrected chi connectivity index (χ1v) is 9.26. The number of hydrogen-bond acceptors (Lipinski definition) is 2. The van der Waals surface area contributed by atoms with Crippen molar-refractivity contribution in [2.75, 3.05) is 20.6 Å². The van der Waals surface area contributed by atoms with Crippen molar-refractivity contribution in [3.63, 3.8) is 0 Å². The van der Waals surface area contributed by atoms with E-state index in [-0.39, 0.29) is 12.5 Å². The second-order valence-electron chi connectivity index (χ2n) is 6.21. The van der Waals surface area contributed by atoms with Crippen molar-refractivity contribution in [1.29, 1.82) is 0 Å². The zero-order valence-corrected chi connectivity index (χ0v) is 17.0. The molecule has 2 rings (SSSR count). The minimum Gasteiger partial charge on any atom is -0.352 e. The van der Waals surface area contributed by atoms with Gasteiger partial charge >= 0.3 is 0 Å². The van der Waals surface area contributed by atoms with Crippen LogP contribution >= 0.6 is 15.9 Å². The van der Waals surface area contributed by atoms with Crippen LogP contribution in [-0.4, -0.2) is 37.4 Å². The number of benzene rings is 2. The second kappa shape index (κ2) is 9.97. The highest BCUT2D eigenvalue weighted by atomic mass is 79.9. The first-order valence-electron chi connectivity index (χ1n) is 8.47. The van der Waals surface area contributed by atoms with Crippen LogP contribution in [0.25, 0.3) is 0 Å². The third kappa shape index (κ3) is 6.52. The fourth-order valence-corrected chi connectivity index (χ4v) is 2.50. The maximum Gasteiger partial charge on any atom is 0.241 e. The molecule has 0 fully saturated rings. The smallest absolute Gasteiger partial charge is 0.241 e. The molecule has 0 aromatic heterocycles. The Morgan fingerprint density at radius 3 is 2.42 bits per heavy atom. The standard InChI is InChI=1S/C20H25BrN4O/c1-15-6-4-5-7-17(15)13-23-20(24-14-19(26)25(2)3)22-12-16-8-10-18(21)11-9-16/h4-11H,12-14H2,1-3H3,(H2,22,23,24). The van der Waals surface area contributed by atoms with Crippen LogP contribution in [0.4, 0.5) is 0 Å². The average molecular weight is 417 g/mol. The monoisotopic (exact) mass is 416 g/mol. The normalized spacial score (nSPS) is 11.2. The van der Waals surface area contributed by atoms with E-state index >= 15 is 0 Å². The highest BCUT2D eigenvalue weighted by molar-refractivity contribution is 9.10. The molecule has 0 aliphatic heterocycles. The SMILES string of the molecule is Cc1ccccc1CNC(=NCc1ccc(Br)cc1)NCC(=O)N(C)C. The number of nitrogens with one attached hydrogen (secondary N) is 2. The zero-order chi connectivity index (χ0) is 18.9. The lowest BCUT2D eigenvalue weighted by Crippen LogP contribution is -2.42. The maximum atomic E-state index is 11.9. The van der Waals surface area contributed by atoms with Gasteiger partial charge in [-0.1, -0.05) is 52.3 Å². The van der Waals surface area contributed by atoms with Crippen LogP contribution in [-0.2, 0) is 17.9 Å². The molecule has 0 unspecified atom stereocenters. The van der Waals surface area contributed by atoms with Crippen LogP contribution < -0.4 is 10.6 Å². The second-order valence-corrected chi connectivity index (χ2v) is 7.13. The predicted molar refractivity (Wildman–Crippen MR) is 110 cm³/mol. The van der Waals surface area contributed by atoms with E-state index in [9.17, 15) is 4.79 Å². The summed E-state index contributed by atoms with van der Waals surface area (Å²) in [6.07, 6.45) is 0. The summed E-state index contributed by atoms with van der Waals surface area (Å²) in [5.74, 6) is 0.616. The van der Waals surface area contributed by atoms with Crippen LogP contribution in [0, 0.1) is 6.92 Å². The molecule has 0 spiro atoms. The average Bonchev–Trinajstić information content (AvgIpc) is 2.63. The van der Waals surface area contributed by atoms with Crippen molar-refractivity contribution in [3.8, 4) is 0 Å². The van der Waals surface area contributed by atoms with Crippen molar-refractivity contribution in [1.82, 2.24) is 15.5 Å². The van der Waals surface area contributed by atoms with Crippen molar-refractivity contribution < 1.29 is 4.79 Å². The first kappa shape index (κ1) is 20.0. The van der Waals surface area contributed by atoms with Crippen LogP contribution in [0.2, 0.25) is 0 Å². The molecule has 1 amide bonds. The number of carbonyl (C=O) groups is 1. The predicted octanol–water partition coefficient (Wildman–Crippen LogP) is 3.08. The van der Waals surface area contributed by atoms with Gasteiger partial charge in [0.2, 0.25) is 5.91 Å². The van der Waals surface area contributed by atoms with E-state index < -0.39 is 0 Å². The molecule has 0 heterocycles. The lowest BCUT2D eigenvalue weighted by molar-refractivity contribution is -0.127. The number of nitrogens with zero attached hydrogens (tertiary/aromatic N) is 2. The number of guanidine groups is 1. The fourth-order valence-electron chi connectivity index (χ4n) is 2.24. The summed E-state index contributed by atoms with van der Waals surface area (Å²) < 4.78 is 1.04. The number of carbonyl (C=O) groups excluding carboxylic acids is 1. The number of rotatable bonds is 6. The molecule has 5 nitrogen and oxygen atoms in total. The summed E-state index contributed by atoms with van der Waals surface area (Å²) in [6, 6.07) is 16.2. The van der Waals surface area contributed by atoms with Gasteiger partial charge in [-0.05, 0) is 35.7 Å². The third-order valence-electron chi connectivity index (χ3n) is 3.95. The Hall–Kier alpha value is -2.34. The molecule has 0 aliphatic rings. The van der Waals surface area contributed by atoms with Gasteiger partial charge in [-0.3, -0.25) is 4.79 Å². The molecule has 2 N–H and O–H groups in total. The maximum absolute atomic E-state index is 11.9. The van der Waals surface area contributed by atoms with Crippen LogP contribution in [0.3, 0.4) is 0 Å². The lowest BCUT2D eigenvalue weighted by Gasteiger charge is -2.15. The molecule has 0 atom stereocenters. The van der Waals surface area contributed by atoms with Gasteiger partial charge in [-0.25, -0.2) is 4.99 Å². The van der Waals surface area contributed by atoms with E-state index in [1.54, 1.807) is 19.0 Å². The van der Waals surface area contributed by atoms with Crippen LogP contribution in [0.1, 0.15) is 16.7 Å². The molecule has 0 radical (unpaired) electrons. The summed E-state index contributed by atoms with van der Waals surface area (Å²) in [5.41, 5.74) is 3.52. The van der Waals surface area contributed by atoms with Crippen molar-refractivity contribution in [2.45, 2.75) is 20.0 Å². The number of halogens is 1. The molecular formula is C20H25BrN4O. The number of likely N-dealkylation sites (N-methyl/N-ethyl adjacent to an activating group) is 1. The van der Waals surface area contributed by atoms with Crippen molar-refractivity contribution in [2.24, 2.45) is 4.99 Å². The molecule has 26 heavy (non-hydrogen) atoms. The minimum absolute atomic E-state index is 0.000895. The topological polar surface area (TPSA) is 56.7 Å². The number of aryl methyl sites for hydroxylation is 1. The largest absolute Gasteiger partial charge is 0.352 e. The molecule has 6 heteroatoms. The molecular weight excluding hydrogens is 392 g/mol. The summed E-state index contributed by atoms with van der Waals surface area (Å²) in [7, 11) is 3.48. The molecule has 138 valence electrons. The lowest BCUT2D eigenvalue weighted by atomic mass is 10.1.